The first-order valence-electron chi connectivity index (χ1n) is 9.52. The average Bonchev–Trinajstić information content (AvgIpc) is 2.95. The van der Waals surface area contributed by atoms with Crippen molar-refractivity contribution >= 4 is 10.9 Å². The second-order valence-corrected chi connectivity index (χ2v) is 7.45. The lowest BCUT2D eigenvalue weighted by Gasteiger charge is -2.19. The van der Waals surface area contributed by atoms with E-state index in [9.17, 15) is 0 Å². The molecule has 0 spiro atoms. The van der Waals surface area contributed by atoms with Gasteiger partial charge in [0.05, 0.1) is 7.11 Å². The topological polar surface area (TPSA) is 25.0 Å². The number of rotatable bonds is 4. The predicted molar refractivity (Wildman–Crippen MR) is 104 cm³/mol. The SMILES string of the molecule is COc1ccc(CC2CCCCC(c3cc4ccccc4[nH]3)C2)cc1. The van der Waals surface area contributed by atoms with Crippen LogP contribution in [0, 0.1) is 5.92 Å². The molecule has 0 amide bonds. The first-order valence-corrected chi connectivity index (χ1v) is 9.52. The third-order valence-electron chi connectivity index (χ3n) is 5.71. The molecule has 1 heterocycles. The lowest BCUT2D eigenvalue weighted by molar-refractivity contribution is 0.413. The number of ether oxygens (including phenoxy) is 1. The standard InChI is InChI=1S/C23H27NO/c1-25-21-12-10-17(11-13-21)14-18-6-2-3-7-19(15-18)23-16-20-8-4-5-9-22(20)24-23/h4-5,8-13,16,18-19,24H,2-3,6-7,14-15H2,1H3. The number of hydrogen-bond acceptors (Lipinski definition) is 1. The van der Waals surface area contributed by atoms with Crippen molar-refractivity contribution in [2.24, 2.45) is 5.92 Å². The second kappa shape index (κ2) is 7.35. The Bertz CT molecular complexity index is 784. The summed E-state index contributed by atoms with van der Waals surface area (Å²) in [5.74, 6) is 2.38. The lowest BCUT2D eigenvalue weighted by atomic mass is 9.87. The van der Waals surface area contributed by atoms with Crippen LogP contribution in [0.25, 0.3) is 10.9 Å². The van der Waals surface area contributed by atoms with Crippen molar-refractivity contribution in [1.82, 2.24) is 4.98 Å². The fraction of sp³-hybridized carbons (Fsp3) is 0.391. The third kappa shape index (κ3) is 3.73. The van der Waals surface area contributed by atoms with Crippen molar-refractivity contribution < 1.29 is 4.74 Å². The highest BCUT2D eigenvalue weighted by Crippen LogP contribution is 2.37. The van der Waals surface area contributed by atoms with Crippen molar-refractivity contribution in [2.45, 2.75) is 44.4 Å². The van der Waals surface area contributed by atoms with Crippen LogP contribution in [0.15, 0.2) is 54.6 Å². The van der Waals surface area contributed by atoms with Crippen molar-refractivity contribution in [1.29, 1.82) is 0 Å². The van der Waals surface area contributed by atoms with Gasteiger partial charge in [-0.15, -0.1) is 0 Å². The lowest BCUT2D eigenvalue weighted by Crippen LogP contribution is -2.08. The van der Waals surface area contributed by atoms with Crippen LogP contribution >= 0.6 is 0 Å². The van der Waals surface area contributed by atoms with Crippen molar-refractivity contribution in [3.8, 4) is 5.75 Å². The zero-order valence-electron chi connectivity index (χ0n) is 15.0. The van der Waals surface area contributed by atoms with E-state index in [2.05, 4.69) is 59.6 Å². The number of methoxy groups -OCH3 is 1. The van der Waals surface area contributed by atoms with E-state index >= 15 is 0 Å². The summed E-state index contributed by atoms with van der Waals surface area (Å²) < 4.78 is 5.28. The second-order valence-electron chi connectivity index (χ2n) is 7.45. The minimum atomic E-state index is 0.665. The van der Waals surface area contributed by atoms with Gasteiger partial charge in [0.25, 0.3) is 0 Å². The van der Waals surface area contributed by atoms with Crippen LogP contribution in [0.2, 0.25) is 0 Å². The van der Waals surface area contributed by atoms with Gasteiger partial charge in [0.15, 0.2) is 0 Å². The summed E-state index contributed by atoms with van der Waals surface area (Å²) in [6.45, 7) is 0. The summed E-state index contributed by atoms with van der Waals surface area (Å²) in [4.78, 5) is 3.68. The maximum atomic E-state index is 5.28. The van der Waals surface area contributed by atoms with Gasteiger partial charge in [-0.25, -0.2) is 0 Å². The number of H-pyrrole nitrogens is 1. The molecule has 2 atom stereocenters. The monoisotopic (exact) mass is 333 g/mol. The first kappa shape index (κ1) is 16.3. The Kier molecular flexibility index (Phi) is 4.78. The smallest absolute Gasteiger partial charge is 0.118 e. The van der Waals surface area contributed by atoms with E-state index in [4.69, 9.17) is 4.74 Å². The molecule has 0 bridgehead atoms. The minimum Gasteiger partial charge on any atom is -0.497 e. The molecular weight excluding hydrogens is 306 g/mol. The quantitative estimate of drug-likeness (QED) is 0.575. The molecule has 1 N–H and O–H groups in total. The van der Waals surface area contributed by atoms with E-state index in [0.717, 1.165) is 11.7 Å². The molecule has 1 aliphatic carbocycles. The molecule has 2 heteroatoms. The van der Waals surface area contributed by atoms with Gasteiger partial charge in [-0.1, -0.05) is 49.6 Å². The summed E-state index contributed by atoms with van der Waals surface area (Å²) in [7, 11) is 1.73. The molecule has 2 nitrogen and oxygen atoms in total. The Morgan fingerprint density at radius 2 is 1.80 bits per heavy atom. The van der Waals surface area contributed by atoms with Crippen LogP contribution in [-0.2, 0) is 6.42 Å². The Balaban J connectivity index is 1.49. The van der Waals surface area contributed by atoms with Crippen LogP contribution in [0.4, 0.5) is 0 Å². The molecule has 25 heavy (non-hydrogen) atoms. The molecule has 1 aromatic heterocycles. The van der Waals surface area contributed by atoms with Gasteiger partial charge in [0.2, 0.25) is 0 Å². The Morgan fingerprint density at radius 3 is 2.60 bits per heavy atom. The maximum Gasteiger partial charge on any atom is 0.118 e. The largest absolute Gasteiger partial charge is 0.497 e. The van der Waals surface area contributed by atoms with E-state index in [1.54, 1.807) is 7.11 Å². The summed E-state index contributed by atoms with van der Waals surface area (Å²) in [6.07, 6.45) is 7.84. The number of fused-ring (bicyclic) bond motifs is 1. The number of benzene rings is 2. The highest BCUT2D eigenvalue weighted by Gasteiger charge is 2.23. The molecule has 0 radical (unpaired) electrons. The molecule has 0 saturated heterocycles. The van der Waals surface area contributed by atoms with E-state index < -0.39 is 0 Å². The summed E-state index contributed by atoms with van der Waals surface area (Å²) in [6, 6.07) is 19.6. The van der Waals surface area contributed by atoms with Gasteiger partial charge in [0, 0.05) is 11.2 Å². The molecule has 130 valence electrons. The normalized spacial score (nSPS) is 21.2. The van der Waals surface area contributed by atoms with Crippen LogP contribution in [-0.4, -0.2) is 12.1 Å². The van der Waals surface area contributed by atoms with Gasteiger partial charge in [0.1, 0.15) is 5.75 Å². The van der Waals surface area contributed by atoms with Gasteiger partial charge in [-0.3, -0.25) is 0 Å². The van der Waals surface area contributed by atoms with Crippen molar-refractivity contribution in [3.05, 3.63) is 65.9 Å². The summed E-state index contributed by atoms with van der Waals surface area (Å²) in [5.41, 5.74) is 4.14. The molecule has 0 aliphatic heterocycles. The molecule has 2 aromatic carbocycles. The highest BCUT2D eigenvalue weighted by atomic mass is 16.5. The van der Waals surface area contributed by atoms with Gasteiger partial charge >= 0.3 is 0 Å². The summed E-state index contributed by atoms with van der Waals surface area (Å²) >= 11 is 0. The average molecular weight is 333 g/mol. The first-order chi connectivity index (χ1) is 12.3. The molecular formula is C23H27NO. The van der Waals surface area contributed by atoms with E-state index in [0.29, 0.717) is 5.92 Å². The predicted octanol–water partition coefficient (Wildman–Crippen LogP) is 6.08. The number of nitrogens with one attached hydrogen (secondary N) is 1. The van der Waals surface area contributed by atoms with E-state index in [1.165, 1.54) is 60.7 Å². The molecule has 3 aromatic rings. The van der Waals surface area contributed by atoms with Crippen LogP contribution in [0.1, 0.15) is 49.3 Å². The van der Waals surface area contributed by atoms with E-state index in [-0.39, 0.29) is 0 Å². The van der Waals surface area contributed by atoms with Crippen molar-refractivity contribution in [2.75, 3.05) is 7.11 Å². The maximum absolute atomic E-state index is 5.28. The Labute approximate surface area is 150 Å². The zero-order chi connectivity index (χ0) is 17.1. The number of aromatic nitrogens is 1. The number of para-hydroxylation sites is 1. The van der Waals surface area contributed by atoms with Gasteiger partial charge in [-0.05, 0) is 66.3 Å². The molecule has 1 fully saturated rings. The third-order valence-corrected chi connectivity index (χ3v) is 5.71. The van der Waals surface area contributed by atoms with Crippen LogP contribution in [0.5, 0.6) is 5.75 Å². The zero-order valence-corrected chi connectivity index (χ0v) is 15.0. The number of aromatic amines is 1. The van der Waals surface area contributed by atoms with Gasteiger partial charge in [-0.2, -0.15) is 0 Å². The van der Waals surface area contributed by atoms with Gasteiger partial charge < -0.3 is 9.72 Å². The number of hydrogen-bond donors (Lipinski definition) is 1. The van der Waals surface area contributed by atoms with E-state index in [1.807, 2.05) is 0 Å². The molecule has 2 unspecified atom stereocenters. The van der Waals surface area contributed by atoms with Crippen LogP contribution < -0.4 is 4.74 Å². The van der Waals surface area contributed by atoms with Crippen LogP contribution in [0.3, 0.4) is 0 Å². The Hall–Kier alpha value is -2.22. The fourth-order valence-electron chi connectivity index (χ4n) is 4.34. The highest BCUT2D eigenvalue weighted by molar-refractivity contribution is 5.80. The van der Waals surface area contributed by atoms with Crippen molar-refractivity contribution in [3.63, 3.8) is 0 Å². The molecule has 1 aliphatic rings. The molecule has 4 rings (SSSR count). The minimum absolute atomic E-state index is 0.665. The molecule has 1 saturated carbocycles. The summed E-state index contributed by atoms with van der Waals surface area (Å²) in [5, 5.41) is 1.34. The Morgan fingerprint density at radius 1 is 1.00 bits per heavy atom. The fourth-order valence-corrected chi connectivity index (χ4v) is 4.34.